The molecule has 0 aromatic heterocycles. The first kappa shape index (κ1) is 21.8. The zero-order valence-electron chi connectivity index (χ0n) is 15.2. The van der Waals surface area contributed by atoms with Crippen LogP contribution in [0, 0.1) is 0 Å². The molecule has 4 nitrogen and oxygen atoms in total. The first-order chi connectivity index (χ1) is 11.0. The van der Waals surface area contributed by atoms with Crippen molar-refractivity contribution in [3.05, 3.63) is 35.4 Å². The van der Waals surface area contributed by atoms with E-state index in [1.165, 1.54) is 26.6 Å². The second kappa shape index (κ2) is 12.3. The van der Waals surface area contributed by atoms with Crippen LogP contribution in [-0.2, 0) is 0 Å². The second-order valence-electron chi connectivity index (χ2n) is 5.20. The number of benzene rings is 1. The number of likely N-dealkylation sites (N-methyl/N-ethyl adjacent to an activating group) is 1. The maximum atomic E-state index is 10.8. The highest BCUT2D eigenvalue weighted by atomic mass is 32.2. The molecule has 0 aliphatic carbocycles. The molecule has 1 fully saturated rings. The largest absolute Gasteiger partial charge is 0.301 e. The molecule has 1 aliphatic rings. The predicted octanol–water partition coefficient (Wildman–Crippen LogP) is 3.63. The van der Waals surface area contributed by atoms with Crippen LogP contribution in [-0.4, -0.2) is 60.3 Å². The summed E-state index contributed by atoms with van der Waals surface area (Å²) in [7, 11) is 2.20. The van der Waals surface area contributed by atoms with Gasteiger partial charge in [0.15, 0.2) is 5.78 Å². The number of hydrogen-bond acceptors (Lipinski definition) is 5. The van der Waals surface area contributed by atoms with Crippen molar-refractivity contribution in [1.29, 1.82) is 0 Å². The van der Waals surface area contributed by atoms with E-state index < -0.39 is 0 Å². The Morgan fingerprint density at radius 2 is 1.78 bits per heavy atom. The van der Waals surface area contributed by atoms with E-state index in [2.05, 4.69) is 29.4 Å². The molecule has 130 valence electrons. The Kier molecular flexibility index (Phi) is 11.7. The monoisotopic (exact) mass is 338 g/mol. The maximum absolute atomic E-state index is 10.8. The molecule has 0 saturated carbocycles. The van der Waals surface area contributed by atoms with Gasteiger partial charge in [-0.2, -0.15) is 0 Å². The Bertz CT molecular complexity index is 463. The highest BCUT2D eigenvalue weighted by Gasteiger charge is 2.19. The van der Waals surface area contributed by atoms with Gasteiger partial charge in [-0.25, -0.2) is 4.31 Å². The zero-order valence-corrected chi connectivity index (χ0v) is 16.0. The number of rotatable bonds is 3. The van der Waals surface area contributed by atoms with Gasteiger partial charge < -0.3 is 4.90 Å². The second-order valence-corrected chi connectivity index (χ2v) is 6.08. The third-order valence-electron chi connectivity index (χ3n) is 3.63. The Morgan fingerprint density at radius 3 is 2.17 bits per heavy atom. The molecule has 1 aromatic carbocycles. The average Bonchev–Trinajstić information content (AvgIpc) is 2.59. The van der Waals surface area contributed by atoms with Crippen LogP contribution in [0.4, 0.5) is 0 Å². The van der Waals surface area contributed by atoms with Crippen LogP contribution in [0.1, 0.15) is 48.4 Å². The molecule has 1 atom stereocenters. The molecule has 0 radical (unpaired) electrons. The fourth-order valence-electron chi connectivity index (χ4n) is 1.98. The lowest BCUT2D eigenvalue weighted by Gasteiger charge is -2.36. The van der Waals surface area contributed by atoms with E-state index in [1.54, 1.807) is 24.3 Å². The van der Waals surface area contributed by atoms with Gasteiger partial charge in [-0.15, -0.1) is 0 Å². The van der Waals surface area contributed by atoms with Gasteiger partial charge in [0.05, 0.1) is 0 Å². The number of Topliss-reactive ketones (excluding diaryl/α,β-unsaturated/α-hetero) is 1. The van der Waals surface area contributed by atoms with Gasteiger partial charge in [-0.1, -0.05) is 50.1 Å². The van der Waals surface area contributed by atoms with Crippen molar-refractivity contribution >= 4 is 24.0 Å². The Balaban J connectivity index is 0.000000381. The van der Waals surface area contributed by atoms with Gasteiger partial charge in [0.25, 0.3) is 0 Å². The van der Waals surface area contributed by atoms with Crippen LogP contribution in [0.25, 0.3) is 0 Å². The summed E-state index contributed by atoms with van der Waals surface area (Å²) in [6, 6.07) is 7.27. The number of carbonyl (C=O) groups is 2. The van der Waals surface area contributed by atoms with Gasteiger partial charge in [-0.3, -0.25) is 9.59 Å². The number of aldehydes is 1. The third kappa shape index (κ3) is 8.30. The summed E-state index contributed by atoms with van der Waals surface area (Å²) >= 11 is 1.86. The quantitative estimate of drug-likeness (QED) is 0.478. The number of piperazine rings is 1. The van der Waals surface area contributed by atoms with Gasteiger partial charge in [0.1, 0.15) is 6.29 Å². The minimum atomic E-state index is 0.0162. The fourth-order valence-corrected chi connectivity index (χ4v) is 2.61. The van der Waals surface area contributed by atoms with Gasteiger partial charge >= 0.3 is 0 Å². The molecule has 1 heterocycles. The minimum absolute atomic E-state index is 0.0162. The SMILES string of the molecule is CC.CC(=O)c1ccc(C=O)cc1.CSN1CCN(C)C(C)C1. The van der Waals surface area contributed by atoms with Gasteiger partial charge in [0, 0.05) is 36.8 Å². The van der Waals surface area contributed by atoms with Crippen molar-refractivity contribution in [2.75, 3.05) is 32.9 Å². The van der Waals surface area contributed by atoms with Crippen LogP contribution < -0.4 is 0 Å². The van der Waals surface area contributed by atoms with Crippen LogP contribution in [0.2, 0.25) is 0 Å². The molecule has 1 aliphatic heterocycles. The Morgan fingerprint density at radius 1 is 1.22 bits per heavy atom. The molecule has 0 bridgehead atoms. The highest BCUT2D eigenvalue weighted by molar-refractivity contribution is 7.96. The molecule has 1 unspecified atom stereocenters. The van der Waals surface area contributed by atoms with Crippen molar-refractivity contribution < 1.29 is 9.59 Å². The topological polar surface area (TPSA) is 40.6 Å². The van der Waals surface area contributed by atoms with Crippen LogP contribution in [0.3, 0.4) is 0 Å². The van der Waals surface area contributed by atoms with E-state index >= 15 is 0 Å². The summed E-state index contributed by atoms with van der Waals surface area (Å²) in [5, 5.41) is 0. The minimum Gasteiger partial charge on any atom is -0.301 e. The summed E-state index contributed by atoms with van der Waals surface area (Å²) < 4.78 is 2.42. The molecule has 23 heavy (non-hydrogen) atoms. The van der Waals surface area contributed by atoms with Crippen LogP contribution in [0.15, 0.2) is 24.3 Å². The van der Waals surface area contributed by atoms with Gasteiger partial charge in [-0.05, 0) is 27.2 Å². The summed E-state index contributed by atoms with van der Waals surface area (Å²) in [5.41, 5.74) is 1.23. The van der Waals surface area contributed by atoms with Crippen molar-refractivity contribution in [3.63, 3.8) is 0 Å². The Labute approximate surface area is 145 Å². The molecule has 0 amide bonds. The summed E-state index contributed by atoms with van der Waals surface area (Å²) in [6.07, 6.45) is 2.90. The number of ketones is 1. The third-order valence-corrected chi connectivity index (χ3v) is 4.48. The maximum Gasteiger partial charge on any atom is 0.159 e. The zero-order chi connectivity index (χ0) is 17.8. The average molecular weight is 339 g/mol. The normalized spacial score (nSPS) is 18.1. The molecule has 5 heteroatoms. The Hall–Kier alpha value is -1.17. The molecule has 1 saturated heterocycles. The van der Waals surface area contributed by atoms with E-state index in [0.717, 1.165) is 12.3 Å². The lowest BCUT2D eigenvalue weighted by molar-refractivity contribution is 0.101. The summed E-state index contributed by atoms with van der Waals surface area (Å²) in [6.45, 7) is 11.4. The first-order valence-corrected chi connectivity index (χ1v) is 9.21. The number of hydrogen-bond donors (Lipinski definition) is 0. The number of carbonyl (C=O) groups excluding carboxylic acids is 2. The first-order valence-electron chi connectivity index (χ1n) is 8.03. The summed E-state index contributed by atoms with van der Waals surface area (Å²) in [4.78, 5) is 23.4. The van der Waals surface area contributed by atoms with E-state index in [-0.39, 0.29) is 5.78 Å². The standard InChI is InChI=1S/C9H8O2.C7H16N2S.C2H6/c1-7(11)9-4-2-8(6-10)3-5-9;1-7-6-9(10-3)5-4-8(7)2;1-2/h2-6H,1H3;7H,4-6H2,1-3H3;1-2H3. The van der Waals surface area contributed by atoms with Gasteiger partial charge in [0.2, 0.25) is 0 Å². The number of nitrogens with zero attached hydrogens (tertiary/aromatic N) is 2. The van der Waals surface area contributed by atoms with Crippen molar-refractivity contribution in [2.45, 2.75) is 33.7 Å². The van der Waals surface area contributed by atoms with Crippen molar-refractivity contribution in [3.8, 4) is 0 Å². The summed E-state index contributed by atoms with van der Waals surface area (Å²) in [5.74, 6) is 0.0162. The molecule has 0 spiro atoms. The van der Waals surface area contributed by atoms with Crippen molar-refractivity contribution in [1.82, 2.24) is 9.21 Å². The fraction of sp³-hybridized carbons (Fsp3) is 0.556. The highest BCUT2D eigenvalue weighted by Crippen LogP contribution is 2.13. The van der Waals surface area contributed by atoms with E-state index in [0.29, 0.717) is 11.1 Å². The van der Waals surface area contributed by atoms with E-state index in [9.17, 15) is 9.59 Å². The van der Waals surface area contributed by atoms with E-state index in [1.807, 2.05) is 25.8 Å². The lowest BCUT2D eigenvalue weighted by Crippen LogP contribution is -2.47. The van der Waals surface area contributed by atoms with E-state index in [4.69, 9.17) is 0 Å². The molecule has 0 N–H and O–H groups in total. The molecule has 2 rings (SSSR count). The lowest BCUT2D eigenvalue weighted by atomic mass is 10.1. The predicted molar refractivity (Wildman–Crippen MR) is 100 cm³/mol. The molecular formula is C18H30N2O2S. The van der Waals surface area contributed by atoms with Crippen LogP contribution in [0.5, 0.6) is 0 Å². The van der Waals surface area contributed by atoms with Crippen LogP contribution >= 0.6 is 11.9 Å². The molecular weight excluding hydrogens is 308 g/mol. The molecule has 1 aromatic rings. The smallest absolute Gasteiger partial charge is 0.159 e. The van der Waals surface area contributed by atoms with Crippen molar-refractivity contribution in [2.24, 2.45) is 0 Å².